The number of hydrogen-bond acceptors (Lipinski definition) is 6. The normalized spacial score (nSPS) is 10.4. The average Bonchev–Trinajstić information content (AvgIpc) is 2.39. The van der Waals surface area contributed by atoms with E-state index in [9.17, 15) is 10.1 Å². The number of nitro groups is 1. The Hall–Kier alpha value is -2.15. The van der Waals surface area contributed by atoms with Gasteiger partial charge in [0.2, 0.25) is 0 Å². The quantitative estimate of drug-likeness (QED) is 0.524. The molecule has 0 spiro atoms. The minimum atomic E-state index is -0.404. The SMILES string of the molecule is CCc1c(N)ncnc1Sc1ccccc1[N+](=O)[O-]. The Kier molecular flexibility index (Phi) is 3.96. The van der Waals surface area contributed by atoms with Crippen molar-refractivity contribution in [2.24, 2.45) is 0 Å². The van der Waals surface area contributed by atoms with Gasteiger partial charge in [0.25, 0.3) is 5.69 Å². The summed E-state index contributed by atoms with van der Waals surface area (Å²) in [6.45, 7) is 1.94. The van der Waals surface area contributed by atoms with Gasteiger partial charge in [-0.3, -0.25) is 10.1 Å². The number of nitrogens with two attached hydrogens (primary N) is 1. The predicted octanol–water partition coefficient (Wildman–Crippen LogP) is 2.68. The number of benzene rings is 1. The minimum Gasteiger partial charge on any atom is -0.383 e. The summed E-state index contributed by atoms with van der Waals surface area (Å²) in [5, 5.41) is 11.6. The molecule has 0 radical (unpaired) electrons. The van der Waals surface area contributed by atoms with Gasteiger partial charge < -0.3 is 5.73 Å². The maximum atomic E-state index is 11.0. The molecule has 0 saturated heterocycles. The Labute approximate surface area is 114 Å². The number of hydrogen-bond donors (Lipinski definition) is 1. The van der Waals surface area contributed by atoms with E-state index in [1.165, 1.54) is 24.2 Å². The van der Waals surface area contributed by atoms with Crippen LogP contribution in [-0.2, 0) is 6.42 Å². The van der Waals surface area contributed by atoms with E-state index < -0.39 is 4.92 Å². The highest BCUT2D eigenvalue weighted by atomic mass is 32.2. The van der Waals surface area contributed by atoms with Crippen molar-refractivity contribution in [3.8, 4) is 0 Å². The first-order valence-electron chi connectivity index (χ1n) is 5.64. The molecule has 0 bridgehead atoms. The molecule has 2 N–H and O–H groups in total. The summed E-state index contributed by atoms with van der Waals surface area (Å²) >= 11 is 1.24. The molecule has 1 heterocycles. The Morgan fingerprint density at radius 1 is 1.37 bits per heavy atom. The molecule has 0 aliphatic carbocycles. The van der Waals surface area contributed by atoms with E-state index >= 15 is 0 Å². The molecule has 0 atom stereocenters. The van der Waals surface area contributed by atoms with Crippen molar-refractivity contribution in [3.05, 3.63) is 46.3 Å². The summed E-state index contributed by atoms with van der Waals surface area (Å²) in [4.78, 5) is 19.2. The minimum absolute atomic E-state index is 0.0618. The molecule has 0 fully saturated rings. The molecular weight excluding hydrogens is 264 g/mol. The van der Waals surface area contributed by atoms with Gasteiger partial charge in [0.15, 0.2) is 0 Å². The second-order valence-corrected chi connectivity index (χ2v) is 4.75. The van der Waals surface area contributed by atoms with Gasteiger partial charge in [0.05, 0.1) is 9.82 Å². The first kappa shape index (κ1) is 13.3. The van der Waals surface area contributed by atoms with Crippen LogP contribution in [0.4, 0.5) is 11.5 Å². The van der Waals surface area contributed by atoms with Gasteiger partial charge >= 0.3 is 0 Å². The summed E-state index contributed by atoms with van der Waals surface area (Å²) in [5.74, 6) is 0.415. The van der Waals surface area contributed by atoms with Crippen LogP contribution in [0.25, 0.3) is 0 Å². The highest BCUT2D eigenvalue weighted by Gasteiger charge is 2.16. The summed E-state index contributed by atoms with van der Waals surface area (Å²) in [6, 6.07) is 6.56. The van der Waals surface area contributed by atoms with Gasteiger partial charge in [0.1, 0.15) is 17.2 Å². The lowest BCUT2D eigenvalue weighted by molar-refractivity contribution is -0.387. The summed E-state index contributed by atoms with van der Waals surface area (Å²) in [6.07, 6.45) is 2.04. The van der Waals surface area contributed by atoms with Crippen LogP contribution in [0.5, 0.6) is 0 Å². The lowest BCUT2D eigenvalue weighted by Crippen LogP contribution is -2.01. The van der Waals surface area contributed by atoms with Gasteiger partial charge in [-0.15, -0.1) is 0 Å². The van der Waals surface area contributed by atoms with Crippen molar-refractivity contribution >= 4 is 23.3 Å². The van der Waals surface area contributed by atoms with Crippen LogP contribution in [0, 0.1) is 10.1 Å². The molecule has 6 nitrogen and oxygen atoms in total. The van der Waals surface area contributed by atoms with Crippen molar-refractivity contribution in [3.63, 3.8) is 0 Å². The Balaban J connectivity index is 2.42. The zero-order valence-electron chi connectivity index (χ0n) is 10.2. The Morgan fingerprint density at radius 3 is 2.79 bits per heavy atom. The van der Waals surface area contributed by atoms with Crippen LogP contribution >= 0.6 is 11.8 Å². The first-order valence-corrected chi connectivity index (χ1v) is 6.45. The fourth-order valence-electron chi connectivity index (χ4n) is 1.63. The molecule has 98 valence electrons. The van der Waals surface area contributed by atoms with E-state index in [4.69, 9.17) is 5.73 Å². The van der Waals surface area contributed by atoms with E-state index in [-0.39, 0.29) is 5.69 Å². The fraction of sp³-hybridized carbons (Fsp3) is 0.167. The molecule has 19 heavy (non-hydrogen) atoms. The molecule has 0 saturated carbocycles. The van der Waals surface area contributed by atoms with Crippen LogP contribution < -0.4 is 5.73 Å². The second-order valence-electron chi connectivity index (χ2n) is 3.72. The van der Waals surface area contributed by atoms with Crippen LogP contribution in [0.15, 0.2) is 40.5 Å². The second kappa shape index (κ2) is 5.66. The molecule has 0 unspecified atom stereocenters. The van der Waals surface area contributed by atoms with E-state index in [2.05, 4.69) is 9.97 Å². The van der Waals surface area contributed by atoms with Gasteiger partial charge in [-0.05, 0) is 12.5 Å². The van der Waals surface area contributed by atoms with E-state index in [0.29, 0.717) is 22.2 Å². The van der Waals surface area contributed by atoms with E-state index in [1.807, 2.05) is 6.92 Å². The number of nitrogen functional groups attached to an aromatic ring is 1. The highest BCUT2D eigenvalue weighted by Crippen LogP contribution is 2.35. The lowest BCUT2D eigenvalue weighted by atomic mass is 10.2. The maximum absolute atomic E-state index is 11.0. The fourth-order valence-corrected chi connectivity index (χ4v) is 2.70. The van der Waals surface area contributed by atoms with Crippen LogP contribution in [0.2, 0.25) is 0 Å². The first-order chi connectivity index (χ1) is 9.13. The van der Waals surface area contributed by atoms with E-state index in [0.717, 1.165) is 5.56 Å². The topological polar surface area (TPSA) is 94.9 Å². The van der Waals surface area contributed by atoms with Gasteiger partial charge in [-0.1, -0.05) is 30.8 Å². The largest absolute Gasteiger partial charge is 0.383 e. The Morgan fingerprint density at radius 2 is 2.11 bits per heavy atom. The summed E-state index contributed by atoms with van der Waals surface area (Å²) < 4.78 is 0. The average molecular weight is 276 g/mol. The zero-order chi connectivity index (χ0) is 13.8. The predicted molar refractivity (Wildman–Crippen MR) is 73.0 cm³/mol. The van der Waals surface area contributed by atoms with Gasteiger partial charge in [0, 0.05) is 11.6 Å². The lowest BCUT2D eigenvalue weighted by Gasteiger charge is -2.08. The molecule has 0 aliphatic heterocycles. The molecule has 1 aromatic carbocycles. The molecular formula is C12H12N4O2S. The van der Waals surface area contributed by atoms with Crippen molar-refractivity contribution in [1.29, 1.82) is 0 Å². The molecule has 0 amide bonds. The molecule has 7 heteroatoms. The number of rotatable bonds is 4. The van der Waals surface area contributed by atoms with Crippen LogP contribution in [0.3, 0.4) is 0 Å². The summed E-state index contributed by atoms with van der Waals surface area (Å²) in [5.41, 5.74) is 6.66. The van der Waals surface area contributed by atoms with Crippen LogP contribution in [-0.4, -0.2) is 14.9 Å². The van der Waals surface area contributed by atoms with Crippen molar-refractivity contribution in [2.75, 3.05) is 5.73 Å². The van der Waals surface area contributed by atoms with Gasteiger partial charge in [-0.2, -0.15) is 0 Å². The molecule has 1 aromatic heterocycles. The summed E-state index contributed by atoms with van der Waals surface area (Å²) in [7, 11) is 0. The number of nitrogens with zero attached hydrogens (tertiary/aromatic N) is 3. The van der Waals surface area contributed by atoms with Crippen LogP contribution in [0.1, 0.15) is 12.5 Å². The van der Waals surface area contributed by atoms with Crippen molar-refractivity contribution in [1.82, 2.24) is 9.97 Å². The third-order valence-corrected chi connectivity index (χ3v) is 3.67. The van der Waals surface area contributed by atoms with E-state index in [1.54, 1.807) is 18.2 Å². The molecule has 0 aliphatic rings. The third kappa shape index (κ3) is 2.82. The zero-order valence-corrected chi connectivity index (χ0v) is 11.1. The van der Waals surface area contributed by atoms with Crippen molar-refractivity contribution < 1.29 is 4.92 Å². The standard InChI is InChI=1S/C12H12N4O2S/c1-2-8-11(13)14-7-15-12(8)19-10-6-4-3-5-9(10)16(17)18/h3-7H,2H2,1H3,(H2,13,14,15). The molecule has 2 rings (SSSR count). The number of anilines is 1. The number of para-hydroxylation sites is 1. The number of aromatic nitrogens is 2. The Bertz CT molecular complexity index is 618. The molecule has 2 aromatic rings. The monoisotopic (exact) mass is 276 g/mol. The highest BCUT2D eigenvalue weighted by molar-refractivity contribution is 7.99. The maximum Gasteiger partial charge on any atom is 0.283 e. The van der Waals surface area contributed by atoms with Gasteiger partial charge in [-0.25, -0.2) is 9.97 Å². The smallest absolute Gasteiger partial charge is 0.283 e. The third-order valence-electron chi connectivity index (χ3n) is 2.56. The number of nitro benzene ring substituents is 1. The van der Waals surface area contributed by atoms with Crippen molar-refractivity contribution in [2.45, 2.75) is 23.3 Å².